The van der Waals surface area contributed by atoms with E-state index in [4.69, 9.17) is 28.0 Å². The molecule has 0 radical (unpaired) electrons. The van der Waals surface area contributed by atoms with Crippen molar-refractivity contribution >= 4 is 40.7 Å². The van der Waals surface area contributed by atoms with Gasteiger partial charge in [-0.15, -0.1) is 0 Å². The molecule has 21 heavy (non-hydrogen) atoms. The van der Waals surface area contributed by atoms with Gasteiger partial charge >= 0.3 is 0 Å². The van der Waals surface area contributed by atoms with Gasteiger partial charge in [0.25, 0.3) is 0 Å². The van der Waals surface area contributed by atoms with Crippen LogP contribution in [0.4, 0.5) is 0 Å². The Hall–Kier alpha value is -1.16. The maximum Gasteiger partial charge on any atom is 0.145 e. The van der Waals surface area contributed by atoms with E-state index in [9.17, 15) is 0 Å². The lowest BCUT2D eigenvalue weighted by Gasteiger charge is -2.16. The molecule has 1 aliphatic rings. The van der Waals surface area contributed by atoms with Gasteiger partial charge in [0.2, 0.25) is 0 Å². The van der Waals surface area contributed by atoms with Crippen molar-refractivity contribution in [3.8, 4) is 0 Å². The molecule has 108 valence electrons. The van der Waals surface area contributed by atoms with Crippen LogP contribution in [0.15, 0.2) is 47.6 Å². The summed E-state index contributed by atoms with van der Waals surface area (Å²) in [5, 5.41) is 5.48. The largest absolute Gasteiger partial charge is 0.391 e. The molecule has 0 N–H and O–H groups in total. The highest BCUT2D eigenvalue weighted by atomic mass is 35.5. The van der Waals surface area contributed by atoms with Crippen molar-refractivity contribution < 1.29 is 4.84 Å². The van der Waals surface area contributed by atoms with Crippen LogP contribution >= 0.6 is 35.0 Å². The van der Waals surface area contributed by atoms with E-state index in [-0.39, 0.29) is 6.61 Å². The second-order valence-corrected chi connectivity index (χ2v) is 6.46. The van der Waals surface area contributed by atoms with Crippen molar-refractivity contribution in [3.05, 3.63) is 69.2 Å². The quantitative estimate of drug-likeness (QED) is 0.721. The molecule has 0 saturated heterocycles. The maximum absolute atomic E-state index is 6.12. The molecule has 0 aliphatic carbocycles. The van der Waals surface area contributed by atoms with Crippen LogP contribution < -0.4 is 0 Å². The lowest BCUT2D eigenvalue weighted by atomic mass is 10.1. The molecule has 0 bridgehead atoms. The third kappa shape index (κ3) is 3.37. The Morgan fingerprint density at radius 2 is 1.76 bits per heavy atom. The second kappa shape index (κ2) is 6.73. The van der Waals surface area contributed by atoms with E-state index in [1.165, 1.54) is 11.1 Å². The molecule has 1 aliphatic heterocycles. The van der Waals surface area contributed by atoms with Crippen LogP contribution in [0.1, 0.15) is 16.7 Å². The fourth-order valence-electron chi connectivity index (χ4n) is 2.18. The highest BCUT2D eigenvalue weighted by Crippen LogP contribution is 2.27. The Labute approximate surface area is 138 Å². The molecule has 2 aromatic rings. The average molecular weight is 338 g/mol. The molecule has 5 heteroatoms. The highest BCUT2D eigenvalue weighted by molar-refractivity contribution is 7.99. The van der Waals surface area contributed by atoms with E-state index in [0.717, 1.165) is 22.8 Å². The minimum absolute atomic E-state index is 0.273. The first-order valence-electron chi connectivity index (χ1n) is 6.53. The van der Waals surface area contributed by atoms with Gasteiger partial charge in [-0.25, -0.2) is 0 Å². The minimum atomic E-state index is 0.273. The van der Waals surface area contributed by atoms with E-state index in [0.29, 0.717) is 10.0 Å². The predicted molar refractivity (Wildman–Crippen MR) is 90.4 cm³/mol. The van der Waals surface area contributed by atoms with Crippen molar-refractivity contribution in [1.29, 1.82) is 0 Å². The van der Waals surface area contributed by atoms with Gasteiger partial charge in [0.05, 0.1) is 5.71 Å². The zero-order valence-corrected chi connectivity index (χ0v) is 13.5. The second-order valence-electron chi connectivity index (χ2n) is 4.66. The smallest absolute Gasteiger partial charge is 0.145 e. The zero-order valence-electron chi connectivity index (χ0n) is 11.2. The number of fused-ring (bicyclic) bond motifs is 1. The van der Waals surface area contributed by atoms with Crippen LogP contribution in [-0.4, -0.2) is 11.5 Å². The molecule has 0 saturated carbocycles. The number of hydrogen-bond acceptors (Lipinski definition) is 3. The summed E-state index contributed by atoms with van der Waals surface area (Å²) in [6, 6.07) is 13.7. The molecule has 2 nitrogen and oxygen atoms in total. The number of benzene rings is 2. The summed E-state index contributed by atoms with van der Waals surface area (Å²) >= 11 is 14.1. The van der Waals surface area contributed by atoms with Gasteiger partial charge < -0.3 is 4.84 Å². The molecule has 2 aromatic carbocycles. The fraction of sp³-hybridized carbons (Fsp3) is 0.188. The molecule has 0 spiro atoms. The van der Waals surface area contributed by atoms with Crippen LogP contribution in [-0.2, 0) is 17.2 Å². The van der Waals surface area contributed by atoms with Gasteiger partial charge in [0.15, 0.2) is 0 Å². The maximum atomic E-state index is 6.12. The van der Waals surface area contributed by atoms with E-state index >= 15 is 0 Å². The number of hydrogen-bond donors (Lipinski definition) is 0. The first-order chi connectivity index (χ1) is 10.3. The molecule has 0 aromatic heterocycles. The SMILES string of the molecule is Clc1cccc(Cl)c1CO/N=C1/CSCc2ccccc21. The van der Waals surface area contributed by atoms with Crippen LogP contribution in [0, 0.1) is 0 Å². The van der Waals surface area contributed by atoms with Crippen molar-refractivity contribution in [2.45, 2.75) is 12.4 Å². The average Bonchev–Trinajstić information content (AvgIpc) is 2.50. The number of thioether (sulfide) groups is 1. The van der Waals surface area contributed by atoms with Crippen LogP contribution in [0.5, 0.6) is 0 Å². The summed E-state index contributed by atoms with van der Waals surface area (Å²) in [5.74, 6) is 1.87. The lowest BCUT2D eigenvalue weighted by Crippen LogP contribution is -2.13. The van der Waals surface area contributed by atoms with Crippen LogP contribution in [0.25, 0.3) is 0 Å². The highest BCUT2D eigenvalue weighted by Gasteiger charge is 2.15. The standard InChI is InChI=1S/C16H13Cl2NOS/c17-14-6-3-7-15(18)13(14)8-20-19-16-10-21-9-11-4-1-2-5-12(11)16/h1-7H,8-10H2/b19-16-. The van der Waals surface area contributed by atoms with Gasteiger partial charge in [-0.3, -0.25) is 0 Å². The molecule has 0 fully saturated rings. The van der Waals surface area contributed by atoms with E-state index in [1.54, 1.807) is 12.1 Å². The van der Waals surface area contributed by atoms with Crippen LogP contribution in [0.3, 0.4) is 0 Å². The number of halogens is 2. The van der Waals surface area contributed by atoms with Gasteiger partial charge in [-0.2, -0.15) is 11.8 Å². The summed E-state index contributed by atoms with van der Waals surface area (Å²) in [5.41, 5.74) is 4.19. The Balaban J connectivity index is 1.76. The summed E-state index contributed by atoms with van der Waals surface area (Å²) < 4.78 is 0. The zero-order chi connectivity index (χ0) is 14.7. The molecule has 0 unspecified atom stereocenters. The summed E-state index contributed by atoms with van der Waals surface area (Å²) in [7, 11) is 0. The third-order valence-electron chi connectivity index (χ3n) is 3.27. The fourth-order valence-corrected chi connectivity index (χ4v) is 3.67. The first kappa shape index (κ1) is 14.8. The van der Waals surface area contributed by atoms with Gasteiger partial charge in [0.1, 0.15) is 6.61 Å². The Kier molecular flexibility index (Phi) is 4.73. The Bertz CT molecular complexity index is 667. The molecular formula is C16H13Cl2NOS. The molecule has 0 amide bonds. The monoisotopic (exact) mass is 337 g/mol. The van der Waals surface area contributed by atoms with Crippen LogP contribution in [0.2, 0.25) is 10.0 Å². The van der Waals surface area contributed by atoms with Gasteiger partial charge in [0, 0.05) is 32.7 Å². The van der Waals surface area contributed by atoms with E-state index < -0.39 is 0 Å². The number of oxime groups is 1. The van der Waals surface area contributed by atoms with Gasteiger partial charge in [-0.1, -0.05) is 58.7 Å². The van der Waals surface area contributed by atoms with Gasteiger partial charge in [-0.05, 0) is 17.7 Å². The van der Waals surface area contributed by atoms with Crippen molar-refractivity contribution in [3.63, 3.8) is 0 Å². The van der Waals surface area contributed by atoms with E-state index in [1.807, 2.05) is 30.0 Å². The number of rotatable bonds is 3. The predicted octanol–water partition coefficient (Wildman–Crippen LogP) is 5.16. The summed E-state index contributed by atoms with van der Waals surface area (Å²) in [6.07, 6.45) is 0. The lowest BCUT2D eigenvalue weighted by molar-refractivity contribution is 0.130. The van der Waals surface area contributed by atoms with Crippen molar-refractivity contribution in [2.75, 3.05) is 5.75 Å². The Morgan fingerprint density at radius 1 is 1.00 bits per heavy atom. The summed E-state index contributed by atoms with van der Waals surface area (Å²) in [6.45, 7) is 0.273. The number of nitrogens with zero attached hydrogens (tertiary/aromatic N) is 1. The topological polar surface area (TPSA) is 21.6 Å². The first-order valence-corrected chi connectivity index (χ1v) is 8.44. The normalized spacial score (nSPS) is 15.8. The Morgan fingerprint density at radius 3 is 2.57 bits per heavy atom. The molecule has 3 rings (SSSR count). The minimum Gasteiger partial charge on any atom is -0.391 e. The van der Waals surface area contributed by atoms with Crippen molar-refractivity contribution in [1.82, 2.24) is 0 Å². The summed E-state index contributed by atoms with van der Waals surface area (Å²) in [4.78, 5) is 5.48. The molecule has 0 atom stereocenters. The van der Waals surface area contributed by atoms with Crippen molar-refractivity contribution in [2.24, 2.45) is 5.16 Å². The molecular weight excluding hydrogens is 325 g/mol. The molecule has 1 heterocycles. The third-order valence-corrected chi connectivity index (χ3v) is 4.97. The van der Waals surface area contributed by atoms with E-state index in [2.05, 4.69) is 17.3 Å².